The molecule has 2 aliphatic heterocycles. The van der Waals surface area contributed by atoms with E-state index in [0.717, 1.165) is 24.6 Å². The fourth-order valence-corrected chi connectivity index (χ4v) is 7.01. The van der Waals surface area contributed by atoms with E-state index in [0.29, 0.717) is 12.8 Å². The van der Waals surface area contributed by atoms with Crippen molar-refractivity contribution >= 4 is 11.8 Å². The molecule has 192 valence electrons. The lowest BCUT2D eigenvalue weighted by atomic mass is 9.75. The molecule has 0 amide bonds. The van der Waals surface area contributed by atoms with E-state index >= 15 is 0 Å². The second-order valence-corrected chi connectivity index (χ2v) is 11.3. The van der Waals surface area contributed by atoms with Crippen LogP contribution in [-0.4, -0.2) is 24.0 Å². The highest BCUT2D eigenvalue weighted by molar-refractivity contribution is 6.07. The van der Waals surface area contributed by atoms with Gasteiger partial charge in [0, 0.05) is 12.8 Å². The fraction of sp³-hybridized carbons (Fsp3) is 0.257. The molecule has 4 aliphatic rings. The summed E-state index contributed by atoms with van der Waals surface area (Å²) < 4.78 is 13.7. The molecule has 2 heterocycles. The third-order valence-electron chi connectivity index (χ3n) is 8.85. The molecule has 4 atom stereocenters. The molecule has 4 aromatic carbocycles. The summed E-state index contributed by atoms with van der Waals surface area (Å²) in [7, 11) is 0. The third-order valence-corrected chi connectivity index (χ3v) is 8.85. The zero-order valence-electron chi connectivity index (χ0n) is 21.7. The minimum absolute atomic E-state index is 0.0179. The van der Waals surface area contributed by atoms with Crippen molar-refractivity contribution in [2.45, 2.75) is 50.0 Å². The summed E-state index contributed by atoms with van der Waals surface area (Å²) >= 11 is 0. The first-order valence-electron chi connectivity index (χ1n) is 14.0. The van der Waals surface area contributed by atoms with Crippen molar-refractivity contribution in [1.82, 2.24) is 0 Å². The summed E-state index contributed by atoms with van der Waals surface area (Å²) in [5.74, 6) is 1.54. The first kappa shape index (κ1) is 22.8. The summed E-state index contributed by atoms with van der Waals surface area (Å²) in [6.07, 6.45) is 3.22. The van der Waals surface area contributed by atoms with Gasteiger partial charge in [-0.2, -0.15) is 0 Å². The highest BCUT2D eigenvalue weighted by Gasteiger charge is 2.54. The lowest BCUT2D eigenvalue weighted by molar-refractivity contribution is 0.162. The van der Waals surface area contributed by atoms with Gasteiger partial charge in [0.15, 0.2) is 0 Å². The van der Waals surface area contributed by atoms with Gasteiger partial charge in [0.2, 0.25) is 11.8 Å². The van der Waals surface area contributed by atoms with Crippen molar-refractivity contribution in [3.8, 4) is 0 Å². The Morgan fingerprint density at radius 3 is 1.41 bits per heavy atom. The quantitative estimate of drug-likeness (QED) is 0.292. The van der Waals surface area contributed by atoms with Crippen molar-refractivity contribution < 1.29 is 9.47 Å². The summed E-state index contributed by atoms with van der Waals surface area (Å²) in [5, 5.41) is 0. The topological polar surface area (TPSA) is 43.2 Å². The van der Waals surface area contributed by atoms with E-state index < -0.39 is 5.41 Å². The second-order valence-electron chi connectivity index (χ2n) is 11.3. The average Bonchev–Trinajstić information content (AvgIpc) is 3.73. The van der Waals surface area contributed by atoms with Crippen LogP contribution >= 0.6 is 0 Å². The first-order chi connectivity index (χ1) is 19.3. The minimum Gasteiger partial charge on any atom is -0.474 e. The number of nitrogens with zero attached hydrogens (tertiary/aromatic N) is 2. The molecule has 39 heavy (non-hydrogen) atoms. The van der Waals surface area contributed by atoms with Crippen LogP contribution in [0.2, 0.25) is 0 Å². The first-order valence-corrected chi connectivity index (χ1v) is 14.0. The Balaban J connectivity index is 1.28. The molecule has 8 rings (SSSR count). The van der Waals surface area contributed by atoms with Gasteiger partial charge in [-0.05, 0) is 46.2 Å². The molecule has 0 aromatic heterocycles. The SMILES string of the molecule is c1ccc(CC(Cc2ccccc2)(C2=NC3c4ccccc4C[C@@H]3O2)C2=N[C@@H]3c4ccccc4C[C@@H]3O2)cc1. The number of hydrogen-bond acceptors (Lipinski definition) is 4. The number of hydrogen-bond donors (Lipinski definition) is 0. The lowest BCUT2D eigenvalue weighted by Crippen LogP contribution is -2.45. The number of benzene rings is 4. The van der Waals surface area contributed by atoms with Gasteiger partial charge in [0.05, 0.1) is 0 Å². The zero-order valence-corrected chi connectivity index (χ0v) is 21.7. The Morgan fingerprint density at radius 2 is 0.949 bits per heavy atom. The molecule has 0 radical (unpaired) electrons. The lowest BCUT2D eigenvalue weighted by Gasteiger charge is -2.34. The van der Waals surface area contributed by atoms with Crippen LogP contribution in [-0.2, 0) is 35.2 Å². The Hall–Kier alpha value is -4.18. The number of rotatable bonds is 6. The molecule has 0 N–H and O–H groups in total. The van der Waals surface area contributed by atoms with Gasteiger partial charge in [-0.15, -0.1) is 0 Å². The standard InChI is InChI=1S/C35H30N2O2/c1-3-11-23(12-4-1)21-35(22-24-13-5-2-6-14-24,33-36-31-27-17-9-7-15-25(27)19-29(31)38-33)34-37-32-28-18-10-8-16-26(28)20-30(32)39-34/h1-18,29-32H,19-22H2/t29-,30-,31+,32?/m0/s1. The highest BCUT2D eigenvalue weighted by Crippen LogP contribution is 2.49. The van der Waals surface area contributed by atoms with Crippen LogP contribution in [0, 0.1) is 5.41 Å². The smallest absolute Gasteiger partial charge is 0.201 e. The van der Waals surface area contributed by atoms with Crippen molar-refractivity contribution in [1.29, 1.82) is 0 Å². The Labute approximate surface area is 229 Å². The number of ether oxygens (including phenoxy) is 2. The normalized spacial score (nSPS) is 24.1. The van der Waals surface area contributed by atoms with Gasteiger partial charge in [0.1, 0.15) is 29.7 Å². The van der Waals surface area contributed by atoms with Gasteiger partial charge in [-0.1, -0.05) is 109 Å². The van der Waals surface area contributed by atoms with Crippen LogP contribution in [0.1, 0.15) is 45.5 Å². The van der Waals surface area contributed by atoms with Gasteiger partial charge in [-0.3, -0.25) is 0 Å². The molecule has 1 unspecified atom stereocenters. The van der Waals surface area contributed by atoms with Gasteiger partial charge in [0.25, 0.3) is 0 Å². The maximum Gasteiger partial charge on any atom is 0.201 e. The van der Waals surface area contributed by atoms with Crippen LogP contribution in [0.3, 0.4) is 0 Å². The molecule has 4 aromatic rings. The minimum atomic E-state index is -0.638. The average molecular weight is 511 g/mol. The predicted octanol–water partition coefficient (Wildman–Crippen LogP) is 6.65. The Bertz CT molecular complexity index is 1470. The molecule has 4 nitrogen and oxygen atoms in total. The summed E-state index contributed by atoms with van der Waals surface area (Å²) in [4.78, 5) is 10.7. The van der Waals surface area contributed by atoms with Crippen LogP contribution < -0.4 is 0 Å². The molecular formula is C35H30N2O2. The molecular weight excluding hydrogens is 480 g/mol. The van der Waals surface area contributed by atoms with E-state index in [1.54, 1.807) is 0 Å². The fourth-order valence-electron chi connectivity index (χ4n) is 7.01. The Kier molecular flexibility index (Phi) is 5.22. The van der Waals surface area contributed by atoms with Crippen LogP contribution in [0.25, 0.3) is 0 Å². The molecule has 0 bridgehead atoms. The van der Waals surface area contributed by atoms with Crippen molar-refractivity contribution in [2.75, 3.05) is 0 Å². The van der Waals surface area contributed by atoms with E-state index in [-0.39, 0.29) is 24.3 Å². The van der Waals surface area contributed by atoms with E-state index in [4.69, 9.17) is 19.5 Å². The van der Waals surface area contributed by atoms with Crippen LogP contribution in [0.5, 0.6) is 0 Å². The number of fused-ring (bicyclic) bond motifs is 6. The van der Waals surface area contributed by atoms with E-state index in [9.17, 15) is 0 Å². The maximum absolute atomic E-state index is 6.87. The maximum atomic E-state index is 6.87. The van der Waals surface area contributed by atoms with Crippen LogP contribution in [0.4, 0.5) is 0 Å². The van der Waals surface area contributed by atoms with Crippen molar-refractivity contribution in [3.05, 3.63) is 143 Å². The van der Waals surface area contributed by atoms with Crippen molar-refractivity contribution in [2.24, 2.45) is 15.4 Å². The molecule has 4 heteroatoms. The van der Waals surface area contributed by atoms with E-state index in [1.807, 2.05) is 0 Å². The predicted molar refractivity (Wildman–Crippen MR) is 153 cm³/mol. The molecule has 0 spiro atoms. The van der Waals surface area contributed by atoms with E-state index in [1.165, 1.54) is 33.4 Å². The Morgan fingerprint density at radius 1 is 0.538 bits per heavy atom. The van der Waals surface area contributed by atoms with Crippen LogP contribution in [0.15, 0.2) is 119 Å². The largest absolute Gasteiger partial charge is 0.474 e. The van der Waals surface area contributed by atoms with Gasteiger partial charge < -0.3 is 9.47 Å². The summed E-state index contributed by atoms with van der Waals surface area (Å²) in [6.45, 7) is 0. The highest BCUT2D eigenvalue weighted by atomic mass is 16.5. The molecule has 2 aliphatic carbocycles. The second kappa shape index (κ2) is 8.94. The van der Waals surface area contributed by atoms with Crippen molar-refractivity contribution in [3.63, 3.8) is 0 Å². The monoisotopic (exact) mass is 510 g/mol. The van der Waals surface area contributed by atoms with Gasteiger partial charge in [-0.25, -0.2) is 9.98 Å². The summed E-state index contributed by atoms with van der Waals surface area (Å²) in [5.41, 5.74) is 7.06. The third kappa shape index (κ3) is 3.73. The molecule has 0 saturated heterocycles. The molecule has 0 fully saturated rings. The summed E-state index contributed by atoms with van der Waals surface area (Å²) in [6, 6.07) is 38.6. The zero-order chi connectivity index (χ0) is 25.8. The number of aliphatic imine (C=N–C) groups is 2. The van der Waals surface area contributed by atoms with E-state index in [2.05, 4.69) is 109 Å². The van der Waals surface area contributed by atoms with Gasteiger partial charge >= 0.3 is 0 Å². The molecule has 0 saturated carbocycles.